The first kappa shape index (κ1) is 17.1. The molecule has 23 heavy (non-hydrogen) atoms. The molecule has 0 bridgehead atoms. The molecule has 0 atom stereocenters. The quantitative estimate of drug-likeness (QED) is 0.214. The fourth-order valence-electron chi connectivity index (χ4n) is 2.03. The molecule has 0 N–H and O–H groups in total. The van der Waals surface area contributed by atoms with E-state index >= 15 is 0 Å². The van der Waals surface area contributed by atoms with E-state index in [4.69, 9.17) is 0 Å². The van der Waals surface area contributed by atoms with Gasteiger partial charge in [0.05, 0.1) is 5.57 Å². The van der Waals surface area contributed by atoms with Crippen LogP contribution in [0.5, 0.6) is 0 Å². The minimum Gasteiger partial charge on any atom is -0.418 e. The molecule has 118 valence electrons. The molecule has 3 rings (SSSR count). The Morgan fingerprint density at radius 2 is 1.30 bits per heavy atom. The summed E-state index contributed by atoms with van der Waals surface area (Å²) in [4.78, 5) is 13.2. The highest BCUT2D eigenvalue weighted by Gasteiger charge is 2.39. The van der Waals surface area contributed by atoms with Gasteiger partial charge >= 0.3 is 12.4 Å². The van der Waals surface area contributed by atoms with Gasteiger partial charge in [0.15, 0.2) is 0 Å². The molecule has 0 aromatic carbocycles. The van der Waals surface area contributed by atoms with Crippen molar-refractivity contribution in [3.63, 3.8) is 0 Å². The zero-order valence-corrected chi connectivity index (χ0v) is 12.6. The maximum absolute atomic E-state index is 12.2. The molecule has 0 aromatic rings. The van der Waals surface area contributed by atoms with Gasteiger partial charge in [0.2, 0.25) is 4.86 Å². The molecular formula is C16H11BF4OS. The molecule has 2 aliphatic carbocycles. The van der Waals surface area contributed by atoms with Crippen LogP contribution in [0.2, 0.25) is 0 Å². The topological polar surface area (TPSA) is 17.1 Å². The standard InChI is InChI=1S/C16H11OS.BF4/c17-16-15(12-8-4-1-2-5-9-12)13-10-6-3-7-11-14(13)18-16;2-1(3,4)5/h1-11H;/q+1;-1. The van der Waals surface area contributed by atoms with E-state index in [1.807, 2.05) is 66.8 Å². The maximum Gasteiger partial charge on any atom is 0.673 e. The lowest BCUT2D eigenvalue weighted by Crippen LogP contribution is -2.02. The summed E-state index contributed by atoms with van der Waals surface area (Å²) in [5.74, 6) is 0. The van der Waals surface area contributed by atoms with E-state index in [2.05, 4.69) is 0 Å². The van der Waals surface area contributed by atoms with Crippen LogP contribution in [0.1, 0.15) is 0 Å². The van der Waals surface area contributed by atoms with Gasteiger partial charge in [-0.15, -0.1) is 0 Å². The van der Waals surface area contributed by atoms with Crippen molar-refractivity contribution in [2.24, 2.45) is 0 Å². The predicted octanol–water partition coefficient (Wildman–Crippen LogP) is 4.11. The van der Waals surface area contributed by atoms with Crippen molar-refractivity contribution in [2.45, 2.75) is 0 Å². The Bertz CT molecular complexity index is 723. The van der Waals surface area contributed by atoms with Gasteiger partial charge in [0.25, 0.3) is 11.4 Å². The average molecular weight is 338 g/mol. The molecule has 0 amide bonds. The maximum atomic E-state index is 12.2. The third-order valence-electron chi connectivity index (χ3n) is 2.85. The van der Waals surface area contributed by atoms with E-state index in [-0.39, 0.29) is 5.12 Å². The molecule has 1 heterocycles. The molecule has 1 aliphatic heterocycles. The summed E-state index contributed by atoms with van der Waals surface area (Å²) < 4.78 is 39.0. The molecule has 0 aromatic heterocycles. The van der Waals surface area contributed by atoms with Gasteiger partial charge in [-0.25, -0.2) is 4.79 Å². The Morgan fingerprint density at radius 3 is 1.91 bits per heavy atom. The number of hydrogen-bond acceptors (Lipinski definition) is 1. The Balaban J connectivity index is 0.000000338. The molecule has 0 saturated heterocycles. The smallest absolute Gasteiger partial charge is 0.418 e. The van der Waals surface area contributed by atoms with Crippen LogP contribution >= 0.6 is 0 Å². The van der Waals surface area contributed by atoms with Crippen LogP contribution in [0.15, 0.2) is 83.6 Å². The van der Waals surface area contributed by atoms with Gasteiger partial charge in [0, 0.05) is 6.08 Å². The monoisotopic (exact) mass is 338 g/mol. The second kappa shape index (κ2) is 7.33. The van der Waals surface area contributed by atoms with E-state index < -0.39 is 7.25 Å². The first-order valence-electron chi connectivity index (χ1n) is 6.64. The average Bonchev–Trinajstić information content (AvgIpc) is 2.70. The number of fused-ring (bicyclic) bond motifs is 1. The largest absolute Gasteiger partial charge is 0.673 e. The predicted molar refractivity (Wildman–Crippen MR) is 88.4 cm³/mol. The second-order valence-electron chi connectivity index (χ2n) is 4.51. The van der Waals surface area contributed by atoms with Crippen molar-refractivity contribution in [3.8, 4) is 0 Å². The Morgan fingerprint density at radius 1 is 0.783 bits per heavy atom. The number of halogens is 4. The van der Waals surface area contributed by atoms with Crippen molar-refractivity contribution in [3.05, 3.63) is 83.6 Å². The molecule has 0 unspecified atom stereocenters. The van der Waals surface area contributed by atoms with Crippen LogP contribution in [0.3, 0.4) is 0 Å². The summed E-state index contributed by atoms with van der Waals surface area (Å²) in [5, 5.41) is 0.127. The van der Waals surface area contributed by atoms with Crippen molar-refractivity contribution < 1.29 is 22.1 Å². The normalized spacial score (nSPS) is 18.9. The molecule has 1 nitrogen and oxygen atoms in total. The van der Waals surface area contributed by atoms with E-state index in [1.54, 1.807) is 0 Å². The van der Waals surface area contributed by atoms with Crippen molar-refractivity contribution >= 4 is 28.6 Å². The minimum atomic E-state index is -6.00. The molecule has 0 spiro atoms. The Kier molecular flexibility index (Phi) is 5.44. The zero-order chi connectivity index (χ0) is 16.9. The molecule has 0 saturated carbocycles. The van der Waals surface area contributed by atoms with Gasteiger partial charge < -0.3 is 17.3 Å². The molecule has 0 radical (unpaired) electrons. The van der Waals surface area contributed by atoms with Crippen LogP contribution in [0.4, 0.5) is 17.3 Å². The van der Waals surface area contributed by atoms with Gasteiger partial charge in [-0.2, -0.15) is 0 Å². The van der Waals surface area contributed by atoms with Crippen LogP contribution in [-0.4, -0.2) is 17.2 Å². The lowest BCUT2D eigenvalue weighted by atomic mass is 9.97. The summed E-state index contributed by atoms with van der Waals surface area (Å²) in [6.07, 6.45) is 21.7. The van der Waals surface area contributed by atoms with Crippen molar-refractivity contribution in [1.82, 2.24) is 0 Å². The summed E-state index contributed by atoms with van der Waals surface area (Å²) in [7, 11) is -6.00. The van der Waals surface area contributed by atoms with E-state index in [0.29, 0.717) is 0 Å². The van der Waals surface area contributed by atoms with Crippen LogP contribution < -0.4 is 0 Å². The first-order valence-corrected chi connectivity index (χ1v) is 7.46. The highest BCUT2D eigenvalue weighted by Crippen LogP contribution is 2.27. The van der Waals surface area contributed by atoms with Gasteiger partial charge in [-0.3, -0.25) is 0 Å². The van der Waals surface area contributed by atoms with Crippen LogP contribution in [0, 0.1) is 0 Å². The molecule has 0 fully saturated rings. The summed E-state index contributed by atoms with van der Waals surface area (Å²) in [6.45, 7) is 0. The van der Waals surface area contributed by atoms with Crippen LogP contribution in [0.25, 0.3) is 0 Å². The van der Waals surface area contributed by atoms with Gasteiger partial charge in [-0.05, 0) is 11.6 Å². The SMILES string of the molecule is F[B-](F)(F)F.O=C1[S+]=C2C=CC=CC=C2C1=C1C=CC=CC=C1. The lowest BCUT2D eigenvalue weighted by molar-refractivity contribution is -0.107. The third-order valence-corrected chi connectivity index (χ3v) is 3.81. The highest BCUT2D eigenvalue weighted by atomic mass is 32.1. The highest BCUT2D eigenvalue weighted by molar-refractivity contribution is 7.96. The number of hydrogen-bond donors (Lipinski definition) is 0. The second-order valence-corrected chi connectivity index (χ2v) is 5.52. The summed E-state index contributed by atoms with van der Waals surface area (Å²) >= 11 is 1.31. The van der Waals surface area contributed by atoms with Gasteiger partial charge in [0.1, 0.15) is 5.57 Å². The van der Waals surface area contributed by atoms with E-state index in [1.165, 1.54) is 11.4 Å². The Labute approximate surface area is 134 Å². The fourth-order valence-corrected chi connectivity index (χ4v) is 2.99. The fraction of sp³-hybridized carbons (Fsp3) is 0. The van der Waals surface area contributed by atoms with Crippen LogP contribution in [-0.2, 0) is 16.1 Å². The number of carbonyl (C=O) groups is 1. The molecule has 3 aliphatic rings. The van der Waals surface area contributed by atoms with E-state index in [0.717, 1.165) is 21.6 Å². The minimum absolute atomic E-state index is 0.127. The number of allylic oxidation sites excluding steroid dienone is 13. The summed E-state index contributed by atoms with van der Waals surface area (Å²) in [6, 6.07) is 0. The lowest BCUT2D eigenvalue weighted by Gasteiger charge is -1.98. The zero-order valence-electron chi connectivity index (χ0n) is 11.8. The van der Waals surface area contributed by atoms with E-state index in [9.17, 15) is 22.1 Å². The number of rotatable bonds is 0. The van der Waals surface area contributed by atoms with Crippen molar-refractivity contribution in [2.75, 3.05) is 0 Å². The van der Waals surface area contributed by atoms with Gasteiger partial charge in [-0.1, -0.05) is 54.7 Å². The van der Waals surface area contributed by atoms with Crippen molar-refractivity contribution in [1.29, 1.82) is 0 Å². The first-order chi connectivity index (χ1) is 10.9. The molecular weight excluding hydrogens is 327 g/mol. The third kappa shape index (κ3) is 5.14. The summed E-state index contributed by atoms with van der Waals surface area (Å²) in [5.41, 5.74) is 2.81. The number of carbonyl (C=O) groups excluding carboxylic acids is 1. The molecule has 7 heteroatoms. The Hall–Kier alpha value is -2.28.